The predicted octanol–water partition coefficient (Wildman–Crippen LogP) is 4.15. The van der Waals surface area contributed by atoms with Crippen molar-refractivity contribution in [3.05, 3.63) is 37.9 Å². The first-order valence-corrected chi connectivity index (χ1v) is 6.70. The summed E-state index contributed by atoms with van der Waals surface area (Å²) >= 11 is 0. The molecule has 0 saturated heterocycles. The van der Waals surface area contributed by atoms with Crippen molar-refractivity contribution >= 4 is 17.1 Å². The average Bonchev–Trinajstić information content (AvgIpc) is 2.35. The second kappa shape index (κ2) is 6.39. The quantitative estimate of drug-likeness (QED) is 0.596. The molecule has 0 spiro atoms. The number of benzene rings is 1. The molecule has 0 N–H and O–H groups in total. The number of anilines is 1. The lowest BCUT2D eigenvalue weighted by Gasteiger charge is -2.32. The molecule has 1 aromatic carbocycles. The lowest BCUT2D eigenvalue weighted by Crippen LogP contribution is -2.38. The molecule has 0 aliphatic carbocycles. The SMILES string of the molecule is CC(C)N(c1c([N+](=O)[O-])cc(C(F)(F)F)cc1[N+](=O)[O-])C(C)C. The molecule has 7 nitrogen and oxygen atoms in total. The topological polar surface area (TPSA) is 89.5 Å². The third kappa shape index (κ3) is 3.88. The van der Waals surface area contributed by atoms with Crippen LogP contribution in [0.25, 0.3) is 0 Å². The fraction of sp³-hybridized carbons (Fsp3) is 0.538. The van der Waals surface area contributed by atoms with Gasteiger partial charge in [0.05, 0.1) is 15.4 Å². The van der Waals surface area contributed by atoms with Crippen LogP contribution in [0.1, 0.15) is 33.3 Å². The maximum atomic E-state index is 12.9. The molecule has 0 atom stereocenters. The fourth-order valence-corrected chi connectivity index (χ4v) is 2.42. The summed E-state index contributed by atoms with van der Waals surface area (Å²) in [4.78, 5) is 21.7. The number of alkyl halides is 3. The van der Waals surface area contributed by atoms with Gasteiger partial charge in [0, 0.05) is 24.2 Å². The molecular formula is C13H16F3N3O4. The number of nitro benzene ring substituents is 2. The Morgan fingerprint density at radius 1 is 0.957 bits per heavy atom. The third-order valence-corrected chi connectivity index (χ3v) is 3.16. The number of rotatable bonds is 5. The molecule has 0 bridgehead atoms. The van der Waals surface area contributed by atoms with Gasteiger partial charge in [0.2, 0.25) is 0 Å². The number of nitrogens with zero attached hydrogens (tertiary/aromatic N) is 3. The van der Waals surface area contributed by atoms with Crippen LogP contribution in [0, 0.1) is 20.2 Å². The van der Waals surface area contributed by atoms with Crippen molar-refractivity contribution in [1.82, 2.24) is 0 Å². The Hall–Kier alpha value is -2.39. The molecule has 128 valence electrons. The van der Waals surface area contributed by atoms with Gasteiger partial charge in [-0.3, -0.25) is 20.2 Å². The van der Waals surface area contributed by atoms with Crippen LogP contribution < -0.4 is 4.90 Å². The minimum Gasteiger partial charge on any atom is -0.355 e. The highest BCUT2D eigenvalue weighted by atomic mass is 19.4. The van der Waals surface area contributed by atoms with Crippen molar-refractivity contribution in [2.75, 3.05) is 4.90 Å². The molecule has 0 heterocycles. The van der Waals surface area contributed by atoms with E-state index in [-0.39, 0.29) is 12.1 Å². The van der Waals surface area contributed by atoms with Gasteiger partial charge in [-0.1, -0.05) is 0 Å². The summed E-state index contributed by atoms with van der Waals surface area (Å²) in [5.41, 5.74) is -3.71. The zero-order valence-electron chi connectivity index (χ0n) is 12.9. The molecule has 0 aromatic heterocycles. The highest BCUT2D eigenvalue weighted by Gasteiger charge is 2.40. The van der Waals surface area contributed by atoms with E-state index < -0.39 is 38.6 Å². The number of hydrogen-bond donors (Lipinski definition) is 0. The summed E-state index contributed by atoms with van der Waals surface area (Å²) in [6, 6.07) is -0.103. The van der Waals surface area contributed by atoms with Crippen LogP contribution in [0.2, 0.25) is 0 Å². The van der Waals surface area contributed by atoms with Gasteiger partial charge in [-0.2, -0.15) is 13.2 Å². The van der Waals surface area contributed by atoms with Gasteiger partial charge in [-0.15, -0.1) is 0 Å². The van der Waals surface area contributed by atoms with Gasteiger partial charge in [0.1, 0.15) is 0 Å². The van der Waals surface area contributed by atoms with Crippen molar-refractivity contribution in [3.63, 3.8) is 0 Å². The third-order valence-electron chi connectivity index (χ3n) is 3.16. The van der Waals surface area contributed by atoms with E-state index in [0.29, 0.717) is 12.1 Å². The van der Waals surface area contributed by atoms with E-state index in [4.69, 9.17) is 0 Å². The molecule has 0 radical (unpaired) electrons. The van der Waals surface area contributed by atoms with Crippen LogP contribution in [0.15, 0.2) is 12.1 Å². The molecule has 1 aromatic rings. The Balaban J connectivity index is 3.86. The minimum absolute atomic E-state index is 0.333. The molecule has 23 heavy (non-hydrogen) atoms. The summed E-state index contributed by atoms with van der Waals surface area (Å²) < 4.78 is 38.6. The molecule has 0 fully saturated rings. The van der Waals surface area contributed by atoms with Gasteiger partial charge in [0.15, 0.2) is 5.69 Å². The lowest BCUT2D eigenvalue weighted by atomic mass is 10.1. The van der Waals surface area contributed by atoms with Crippen molar-refractivity contribution in [2.24, 2.45) is 0 Å². The Bertz CT molecular complexity index is 586. The van der Waals surface area contributed by atoms with E-state index in [9.17, 15) is 33.4 Å². The van der Waals surface area contributed by atoms with Crippen molar-refractivity contribution in [3.8, 4) is 0 Å². The number of halogens is 3. The summed E-state index contributed by atoms with van der Waals surface area (Å²) in [6.07, 6.45) is -4.92. The molecule has 0 amide bonds. The summed E-state index contributed by atoms with van der Waals surface area (Å²) in [6.45, 7) is 6.58. The zero-order chi connectivity index (χ0) is 18.1. The number of hydrogen-bond acceptors (Lipinski definition) is 5. The number of nitro groups is 2. The highest BCUT2D eigenvalue weighted by molar-refractivity contribution is 5.77. The van der Waals surface area contributed by atoms with Crippen LogP contribution in [0.3, 0.4) is 0 Å². The molecular weight excluding hydrogens is 319 g/mol. The van der Waals surface area contributed by atoms with Gasteiger partial charge in [0.25, 0.3) is 11.4 Å². The maximum Gasteiger partial charge on any atom is 0.416 e. The molecule has 0 saturated carbocycles. The van der Waals surface area contributed by atoms with Gasteiger partial charge >= 0.3 is 6.18 Å². The standard InChI is InChI=1S/C13H16F3N3O4/c1-7(2)17(8(3)4)12-10(18(20)21)5-9(13(14,15)16)6-11(12)19(22)23/h5-8H,1-4H3. The van der Waals surface area contributed by atoms with E-state index in [0.717, 1.165) is 0 Å². The highest BCUT2D eigenvalue weighted by Crippen LogP contribution is 2.44. The first-order valence-electron chi connectivity index (χ1n) is 6.70. The van der Waals surface area contributed by atoms with Crippen molar-refractivity contribution in [2.45, 2.75) is 46.0 Å². The van der Waals surface area contributed by atoms with Gasteiger partial charge < -0.3 is 4.90 Å². The fourth-order valence-electron chi connectivity index (χ4n) is 2.42. The van der Waals surface area contributed by atoms with E-state index in [1.54, 1.807) is 27.7 Å². The normalized spacial score (nSPS) is 11.9. The monoisotopic (exact) mass is 335 g/mol. The first-order chi connectivity index (χ1) is 10.4. The summed E-state index contributed by atoms with van der Waals surface area (Å²) in [5, 5.41) is 22.4. The van der Waals surface area contributed by atoms with Crippen LogP contribution >= 0.6 is 0 Å². The second-order valence-corrected chi connectivity index (χ2v) is 5.47. The minimum atomic E-state index is -4.92. The largest absolute Gasteiger partial charge is 0.416 e. The van der Waals surface area contributed by atoms with E-state index >= 15 is 0 Å². The summed E-state index contributed by atoms with van der Waals surface area (Å²) in [5.74, 6) is 0. The second-order valence-electron chi connectivity index (χ2n) is 5.47. The van der Waals surface area contributed by atoms with Crippen LogP contribution in [-0.2, 0) is 6.18 Å². The molecule has 0 aliphatic rings. The molecule has 1 rings (SSSR count). The zero-order valence-corrected chi connectivity index (χ0v) is 12.9. The van der Waals surface area contributed by atoms with Crippen LogP contribution in [0.4, 0.5) is 30.2 Å². The van der Waals surface area contributed by atoms with Crippen molar-refractivity contribution in [1.29, 1.82) is 0 Å². The van der Waals surface area contributed by atoms with Gasteiger partial charge in [-0.05, 0) is 27.7 Å². The Morgan fingerprint density at radius 2 is 1.30 bits per heavy atom. The van der Waals surface area contributed by atoms with E-state index in [1.807, 2.05) is 0 Å². The van der Waals surface area contributed by atoms with Gasteiger partial charge in [-0.25, -0.2) is 0 Å². The molecule has 0 unspecified atom stereocenters. The smallest absolute Gasteiger partial charge is 0.355 e. The summed E-state index contributed by atoms with van der Waals surface area (Å²) in [7, 11) is 0. The van der Waals surface area contributed by atoms with Crippen LogP contribution in [-0.4, -0.2) is 21.9 Å². The maximum absolute atomic E-state index is 12.9. The molecule has 0 aliphatic heterocycles. The molecule has 10 heteroatoms. The predicted molar refractivity (Wildman–Crippen MR) is 77.5 cm³/mol. The van der Waals surface area contributed by atoms with Crippen molar-refractivity contribution < 1.29 is 23.0 Å². The van der Waals surface area contributed by atoms with Crippen LogP contribution in [0.5, 0.6) is 0 Å². The Morgan fingerprint density at radius 3 is 1.52 bits per heavy atom. The Labute approximate surface area is 130 Å². The average molecular weight is 335 g/mol. The lowest BCUT2D eigenvalue weighted by molar-refractivity contribution is -0.393. The Kier molecular flexibility index (Phi) is 5.18. The van der Waals surface area contributed by atoms with E-state index in [1.165, 1.54) is 4.90 Å². The first kappa shape index (κ1) is 18.7. The van der Waals surface area contributed by atoms with E-state index in [2.05, 4.69) is 0 Å².